The maximum atomic E-state index is 6.15. The van der Waals surface area contributed by atoms with Crippen molar-refractivity contribution >= 4 is 0 Å². The molecule has 0 amide bonds. The van der Waals surface area contributed by atoms with Crippen LogP contribution in [0.15, 0.2) is 0 Å². The molecule has 0 radical (unpaired) electrons. The van der Waals surface area contributed by atoms with Crippen LogP contribution in [-0.4, -0.2) is 6.04 Å². The molecule has 0 aromatic rings. The highest BCUT2D eigenvalue weighted by molar-refractivity contribution is 4.61. The van der Waals surface area contributed by atoms with Gasteiger partial charge in [-0.2, -0.15) is 0 Å². The zero-order chi connectivity index (χ0) is 13.5. The summed E-state index contributed by atoms with van der Waals surface area (Å²) in [6, 6.07) is 0.474. The van der Waals surface area contributed by atoms with Crippen molar-refractivity contribution < 1.29 is 0 Å². The van der Waals surface area contributed by atoms with Crippen molar-refractivity contribution in [2.45, 2.75) is 110 Å². The van der Waals surface area contributed by atoms with Crippen molar-refractivity contribution in [2.75, 3.05) is 0 Å². The molecule has 18 heavy (non-hydrogen) atoms. The predicted octanol–water partition coefficient (Wildman–Crippen LogP) is 5.81. The van der Waals surface area contributed by atoms with E-state index in [9.17, 15) is 0 Å². The minimum Gasteiger partial charge on any atom is -0.328 e. The van der Waals surface area contributed by atoms with Gasteiger partial charge in [0.25, 0.3) is 0 Å². The smallest absolute Gasteiger partial charge is 0.00388 e. The first-order valence-electron chi connectivity index (χ1n) is 8.56. The first-order chi connectivity index (χ1) is 8.81. The Kier molecular flexibility index (Phi) is 15.0. The first kappa shape index (κ1) is 18.0. The highest BCUT2D eigenvalue weighted by atomic mass is 14.6. The monoisotopic (exact) mass is 255 g/mol. The third-order valence-corrected chi connectivity index (χ3v) is 3.86. The second-order valence-corrected chi connectivity index (χ2v) is 5.87. The molecule has 2 N–H and O–H groups in total. The van der Waals surface area contributed by atoms with Crippen molar-refractivity contribution in [1.82, 2.24) is 0 Å². The van der Waals surface area contributed by atoms with Gasteiger partial charge in [0.15, 0.2) is 0 Å². The quantitative estimate of drug-likeness (QED) is 0.389. The molecule has 1 nitrogen and oxygen atoms in total. The second kappa shape index (κ2) is 15.0. The molecule has 1 atom stereocenters. The van der Waals surface area contributed by atoms with Gasteiger partial charge in [-0.15, -0.1) is 0 Å². The van der Waals surface area contributed by atoms with Crippen LogP contribution in [0.25, 0.3) is 0 Å². The van der Waals surface area contributed by atoms with E-state index in [0.29, 0.717) is 6.04 Å². The molecule has 0 spiro atoms. The first-order valence-corrected chi connectivity index (χ1v) is 8.56. The van der Waals surface area contributed by atoms with Crippen LogP contribution >= 0.6 is 0 Å². The molecule has 1 unspecified atom stereocenters. The standard InChI is InChI=1S/C17H37N/c1-3-5-7-9-10-12-14-16-17(18)15-13-11-8-6-4-2/h17H,3-16,18H2,1-2H3. The Morgan fingerprint density at radius 2 is 0.889 bits per heavy atom. The van der Waals surface area contributed by atoms with Crippen LogP contribution in [0.4, 0.5) is 0 Å². The van der Waals surface area contributed by atoms with Crippen molar-refractivity contribution in [3.05, 3.63) is 0 Å². The SMILES string of the molecule is CCCCCCCCCC(N)CCCCCCC. The summed E-state index contributed by atoms with van der Waals surface area (Å²) in [6.45, 7) is 4.55. The van der Waals surface area contributed by atoms with Crippen LogP contribution in [0.2, 0.25) is 0 Å². The van der Waals surface area contributed by atoms with Gasteiger partial charge in [-0.25, -0.2) is 0 Å². The Morgan fingerprint density at radius 3 is 1.28 bits per heavy atom. The largest absolute Gasteiger partial charge is 0.328 e. The van der Waals surface area contributed by atoms with E-state index in [-0.39, 0.29) is 0 Å². The molecule has 110 valence electrons. The van der Waals surface area contributed by atoms with Crippen LogP contribution in [0.5, 0.6) is 0 Å². The Balaban J connectivity index is 3.09. The van der Waals surface area contributed by atoms with E-state index in [1.807, 2.05) is 0 Å². The lowest BCUT2D eigenvalue weighted by molar-refractivity contribution is 0.484. The van der Waals surface area contributed by atoms with Crippen molar-refractivity contribution in [2.24, 2.45) is 5.73 Å². The molecule has 0 aliphatic rings. The lowest BCUT2D eigenvalue weighted by Crippen LogP contribution is -2.19. The summed E-state index contributed by atoms with van der Waals surface area (Å²) in [5, 5.41) is 0. The summed E-state index contributed by atoms with van der Waals surface area (Å²) >= 11 is 0. The van der Waals surface area contributed by atoms with Crippen LogP contribution in [0.1, 0.15) is 104 Å². The van der Waals surface area contributed by atoms with Gasteiger partial charge < -0.3 is 5.73 Å². The zero-order valence-corrected chi connectivity index (χ0v) is 13.1. The Hall–Kier alpha value is -0.0400. The second-order valence-electron chi connectivity index (χ2n) is 5.87. The topological polar surface area (TPSA) is 26.0 Å². The normalized spacial score (nSPS) is 12.8. The summed E-state index contributed by atoms with van der Waals surface area (Å²) < 4.78 is 0. The van der Waals surface area contributed by atoms with E-state index in [1.165, 1.54) is 89.9 Å². The summed E-state index contributed by atoms with van der Waals surface area (Å²) in [7, 11) is 0. The molecule has 0 saturated heterocycles. The lowest BCUT2D eigenvalue weighted by Gasteiger charge is -2.11. The fraction of sp³-hybridized carbons (Fsp3) is 1.00. The van der Waals surface area contributed by atoms with E-state index in [0.717, 1.165) is 0 Å². The predicted molar refractivity (Wildman–Crippen MR) is 84.0 cm³/mol. The van der Waals surface area contributed by atoms with Crippen LogP contribution in [-0.2, 0) is 0 Å². The van der Waals surface area contributed by atoms with Gasteiger partial charge in [-0.1, -0.05) is 90.9 Å². The zero-order valence-electron chi connectivity index (χ0n) is 13.1. The van der Waals surface area contributed by atoms with Gasteiger partial charge in [-0.05, 0) is 12.8 Å². The van der Waals surface area contributed by atoms with Gasteiger partial charge in [-0.3, -0.25) is 0 Å². The molecule has 0 aromatic heterocycles. The fourth-order valence-corrected chi connectivity index (χ4v) is 2.52. The number of unbranched alkanes of at least 4 members (excludes halogenated alkanes) is 10. The molecule has 0 saturated carbocycles. The van der Waals surface area contributed by atoms with E-state index >= 15 is 0 Å². The average molecular weight is 255 g/mol. The lowest BCUT2D eigenvalue weighted by atomic mass is 10.0. The molecule has 1 heteroatoms. The Morgan fingerprint density at radius 1 is 0.556 bits per heavy atom. The third kappa shape index (κ3) is 14.0. The van der Waals surface area contributed by atoms with E-state index in [2.05, 4.69) is 13.8 Å². The Labute approximate surface area is 116 Å². The highest BCUT2D eigenvalue weighted by Crippen LogP contribution is 2.12. The van der Waals surface area contributed by atoms with Crippen LogP contribution in [0.3, 0.4) is 0 Å². The highest BCUT2D eigenvalue weighted by Gasteiger charge is 2.02. The van der Waals surface area contributed by atoms with E-state index in [1.54, 1.807) is 0 Å². The molecular formula is C17H37N. The molecule has 0 fully saturated rings. The van der Waals surface area contributed by atoms with Gasteiger partial charge in [0.2, 0.25) is 0 Å². The Bertz CT molecular complexity index is 145. The van der Waals surface area contributed by atoms with Crippen molar-refractivity contribution in [1.29, 1.82) is 0 Å². The number of hydrogen-bond acceptors (Lipinski definition) is 1. The summed E-state index contributed by atoms with van der Waals surface area (Å²) in [5.41, 5.74) is 6.15. The summed E-state index contributed by atoms with van der Waals surface area (Å²) in [4.78, 5) is 0. The van der Waals surface area contributed by atoms with E-state index in [4.69, 9.17) is 5.73 Å². The molecule has 0 aliphatic heterocycles. The van der Waals surface area contributed by atoms with Gasteiger partial charge in [0.1, 0.15) is 0 Å². The van der Waals surface area contributed by atoms with Crippen LogP contribution in [0, 0.1) is 0 Å². The molecule has 0 rings (SSSR count). The summed E-state index contributed by atoms with van der Waals surface area (Å²) in [5.74, 6) is 0. The molecule has 0 aromatic carbocycles. The molecular weight excluding hydrogens is 218 g/mol. The van der Waals surface area contributed by atoms with Gasteiger partial charge >= 0.3 is 0 Å². The number of rotatable bonds is 14. The fourth-order valence-electron chi connectivity index (χ4n) is 2.52. The van der Waals surface area contributed by atoms with Gasteiger partial charge in [0, 0.05) is 6.04 Å². The number of hydrogen-bond donors (Lipinski definition) is 1. The minimum absolute atomic E-state index is 0.474. The van der Waals surface area contributed by atoms with Crippen LogP contribution < -0.4 is 5.73 Å². The maximum absolute atomic E-state index is 6.15. The minimum atomic E-state index is 0.474. The van der Waals surface area contributed by atoms with Gasteiger partial charge in [0.05, 0.1) is 0 Å². The van der Waals surface area contributed by atoms with Crippen molar-refractivity contribution in [3.63, 3.8) is 0 Å². The molecule has 0 bridgehead atoms. The summed E-state index contributed by atoms with van der Waals surface area (Å²) in [6.07, 6.45) is 19.2. The average Bonchev–Trinajstić information content (AvgIpc) is 2.37. The van der Waals surface area contributed by atoms with E-state index < -0.39 is 0 Å². The maximum Gasteiger partial charge on any atom is 0.00388 e. The number of nitrogens with two attached hydrogens (primary N) is 1. The molecule has 0 aliphatic carbocycles. The molecule has 0 heterocycles. The third-order valence-electron chi connectivity index (χ3n) is 3.86. The van der Waals surface area contributed by atoms with Crippen molar-refractivity contribution in [3.8, 4) is 0 Å².